The fourth-order valence-electron chi connectivity index (χ4n) is 0.245. The van der Waals surface area contributed by atoms with E-state index in [2.05, 4.69) is 19.3 Å². The van der Waals surface area contributed by atoms with E-state index in [9.17, 15) is 4.79 Å². The first-order valence-corrected chi connectivity index (χ1v) is 2.93. The minimum absolute atomic E-state index is 0.0717. The number of carbonyl (C=O) groups excluding carboxylic acids is 1. The van der Waals surface area contributed by atoms with Crippen molar-refractivity contribution in [3.63, 3.8) is 0 Å². The number of rotatable bonds is 1. The third-order valence-electron chi connectivity index (χ3n) is 0.531. The van der Waals surface area contributed by atoms with E-state index < -0.39 is 6.09 Å². The Bertz CT molecular complexity index is 84.1. The van der Waals surface area contributed by atoms with Crippen LogP contribution in [-0.2, 0) is 4.74 Å². The van der Waals surface area contributed by atoms with E-state index in [1.165, 1.54) is 7.11 Å². The van der Waals surface area contributed by atoms with Crippen LogP contribution in [0, 0.1) is 0 Å². The van der Waals surface area contributed by atoms with E-state index in [0.29, 0.717) is 0 Å². The second-order valence-corrected chi connectivity index (χ2v) is 2.42. The van der Waals surface area contributed by atoms with E-state index in [4.69, 9.17) is 0 Å². The second kappa shape index (κ2) is 3.67. The molecule has 0 rings (SSSR count). The zero-order valence-electron chi connectivity index (χ0n) is 4.97. The Hall–Kier alpha value is -0.300. The van der Waals surface area contributed by atoms with Crippen molar-refractivity contribution in [1.29, 1.82) is 0 Å². The second-order valence-electron chi connectivity index (χ2n) is 1.42. The van der Waals surface area contributed by atoms with Crippen molar-refractivity contribution < 1.29 is 9.53 Å². The van der Waals surface area contributed by atoms with Crippen molar-refractivity contribution in [2.24, 2.45) is 0 Å². The zero-order valence-corrected chi connectivity index (χ0v) is 6.13. The van der Waals surface area contributed by atoms with Crippen molar-refractivity contribution in [3.05, 3.63) is 0 Å². The summed E-state index contributed by atoms with van der Waals surface area (Å²) in [5.41, 5.74) is 0. The van der Waals surface area contributed by atoms with Gasteiger partial charge in [-0.25, -0.2) is 4.79 Å². The molecule has 0 aromatic heterocycles. The van der Waals surface area contributed by atoms with Crippen LogP contribution < -0.4 is 5.32 Å². The lowest BCUT2D eigenvalue weighted by Gasteiger charge is -2.04. The lowest BCUT2D eigenvalue weighted by atomic mass is 10.7. The first-order valence-electron chi connectivity index (χ1n) is 2.27. The normalized spacial score (nSPS) is 12.4. The molecule has 0 aliphatic heterocycles. The van der Waals surface area contributed by atoms with Crippen LogP contribution in [0.2, 0.25) is 0 Å². The molecule has 0 aliphatic rings. The first kappa shape index (κ1) is 7.70. The highest BCUT2D eigenvalue weighted by molar-refractivity contribution is 7.17. The van der Waals surface area contributed by atoms with Gasteiger partial charge in [0.05, 0.1) is 7.11 Å². The predicted molar refractivity (Wildman–Crippen MR) is 34.7 cm³/mol. The van der Waals surface area contributed by atoms with E-state index in [0.717, 1.165) is 0 Å². The molecule has 2 atom stereocenters. The summed E-state index contributed by atoms with van der Waals surface area (Å²) in [5.74, 6) is 0.0717. The maximum Gasteiger partial charge on any atom is 0.407 e. The quantitative estimate of drug-likeness (QED) is 0.533. The van der Waals surface area contributed by atoms with E-state index in [1.54, 1.807) is 0 Å². The van der Waals surface area contributed by atoms with Crippen LogP contribution >= 0.6 is 9.24 Å². The van der Waals surface area contributed by atoms with Gasteiger partial charge < -0.3 is 10.1 Å². The average molecular weight is 135 g/mol. The lowest BCUT2D eigenvalue weighted by Crippen LogP contribution is -2.27. The van der Waals surface area contributed by atoms with Crippen LogP contribution in [-0.4, -0.2) is 19.0 Å². The average Bonchev–Trinajstić information content (AvgIpc) is 1.65. The minimum Gasteiger partial charge on any atom is -0.453 e. The summed E-state index contributed by atoms with van der Waals surface area (Å²) < 4.78 is 4.30. The number of ether oxygens (including phenoxy) is 1. The summed E-state index contributed by atoms with van der Waals surface area (Å²) in [4.78, 5) is 10.3. The van der Waals surface area contributed by atoms with Crippen LogP contribution in [0.1, 0.15) is 6.92 Å². The maximum absolute atomic E-state index is 10.3. The Balaban J connectivity index is 3.25. The van der Waals surface area contributed by atoms with Gasteiger partial charge in [-0.05, 0) is 6.92 Å². The zero-order chi connectivity index (χ0) is 6.57. The summed E-state index contributed by atoms with van der Waals surface area (Å²) in [6.07, 6.45) is -0.396. The summed E-state index contributed by atoms with van der Waals surface area (Å²) >= 11 is 0. The fraction of sp³-hybridized carbons (Fsp3) is 0.750. The molecule has 8 heavy (non-hydrogen) atoms. The Kier molecular flexibility index (Phi) is 3.53. The van der Waals surface area contributed by atoms with Crippen molar-refractivity contribution in [2.45, 2.75) is 12.7 Å². The standard InChI is InChI=1S/C4H10NO2P/c1-3(8)5-4(6)7-2/h3H,8H2,1-2H3,(H,5,6)/t3-/m1/s1. The maximum atomic E-state index is 10.3. The molecule has 1 unspecified atom stereocenters. The van der Waals surface area contributed by atoms with Gasteiger partial charge in [-0.3, -0.25) is 0 Å². The molecule has 0 aromatic rings. The topological polar surface area (TPSA) is 38.3 Å². The number of alkyl carbamates (subject to hydrolysis) is 1. The van der Waals surface area contributed by atoms with Gasteiger partial charge in [-0.1, -0.05) is 0 Å². The molecule has 1 N–H and O–H groups in total. The van der Waals surface area contributed by atoms with Crippen LogP contribution in [0.3, 0.4) is 0 Å². The Morgan fingerprint density at radius 3 is 2.50 bits per heavy atom. The Morgan fingerprint density at radius 2 is 2.38 bits per heavy atom. The van der Waals surface area contributed by atoms with Crippen LogP contribution in [0.5, 0.6) is 0 Å². The number of amides is 1. The summed E-state index contributed by atoms with van der Waals surface area (Å²) in [5, 5.41) is 2.49. The fourth-order valence-corrected chi connectivity index (χ4v) is 0.381. The molecule has 1 amide bonds. The molecule has 0 fully saturated rings. The van der Waals surface area contributed by atoms with Gasteiger partial charge in [0.2, 0.25) is 0 Å². The molecule has 4 heteroatoms. The molecule has 0 bridgehead atoms. The molecule has 0 saturated carbocycles. The van der Waals surface area contributed by atoms with Crippen molar-refractivity contribution in [2.75, 3.05) is 7.11 Å². The molecule has 48 valence electrons. The van der Waals surface area contributed by atoms with Gasteiger partial charge in [0, 0.05) is 5.78 Å². The van der Waals surface area contributed by atoms with Gasteiger partial charge in [-0.2, -0.15) is 0 Å². The summed E-state index contributed by atoms with van der Waals surface area (Å²) in [6.45, 7) is 1.83. The molecule has 0 spiro atoms. The predicted octanol–water partition coefficient (Wildman–Crippen LogP) is 0.563. The number of methoxy groups -OCH3 is 1. The molecular weight excluding hydrogens is 125 g/mol. The van der Waals surface area contributed by atoms with Crippen LogP contribution in [0.25, 0.3) is 0 Å². The molecule has 0 saturated heterocycles. The van der Waals surface area contributed by atoms with E-state index in [1.807, 2.05) is 6.92 Å². The monoisotopic (exact) mass is 135 g/mol. The molecule has 0 heterocycles. The van der Waals surface area contributed by atoms with Gasteiger partial charge in [0.15, 0.2) is 0 Å². The highest BCUT2D eigenvalue weighted by Crippen LogP contribution is 1.90. The van der Waals surface area contributed by atoms with Gasteiger partial charge in [0.1, 0.15) is 0 Å². The van der Waals surface area contributed by atoms with Crippen molar-refractivity contribution in [3.8, 4) is 0 Å². The smallest absolute Gasteiger partial charge is 0.407 e. The van der Waals surface area contributed by atoms with Gasteiger partial charge in [0.25, 0.3) is 0 Å². The Labute approximate surface area is 51.0 Å². The summed E-state index contributed by atoms with van der Waals surface area (Å²) in [7, 11) is 3.76. The number of carbonyl (C=O) groups is 1. The van der Waals surface area contributed by atoms with Gasteiger partial charge >= 0.3 is 6.09 Å². The third kappa shape index (κ3) is 3.88. The third-order valence-corrected chi connectivity index (χ3v) is 0.698. The Morgan fingerprint density at radius 1 is 1.88 bits per heavy atom. The van der Waals surface area contributed by atoms with Crippen LogP contribution in [0.4, 0.5) is 4.79 Å². The lowest BCUT2D eigenvalue weighted by molar-refractivity contribution is 0.170. The largest absolute Gasteiger partial charge is 0.453 e. The first-order chi connectivity index (χ1) is 3.66. The van der Waals surface area contributed by atoms with Crippen molar-refractivity contribution in [1.82, 2.24) is 5.32 Å². The minimum atomic E-state index is -0.396. The van der Waals surface area contributed by atoms with Crippen molar-refractivity contribution >= 4 is 15.3 Å². The number of nitrogens with one attached hydrogen (secondary N) is 1. The molecule has 0 radical (unpaired) electrons. The number of hydrogen-bond acceptors (Lipinski definition) is 2. The number of hydrogen-bond donors (Lipinski definition) is 1. The molecular formula is C4H10NO2P. The van der Waals surface area contributed by atoms with Gasteiger partial charge in [-0.15, -0.1) is 9.24 Å². The SMILES string of the molecule is COC(=O)N[C@@H](C)P. The molecule has 0 aromatic carbocycles. The van der Waals surface area contributed by atoms with E-state index in [-0.39, 0.29) is 5.78 Å². The molecule has 0 aliphatic carbocycles. The highest BCUT2D eigenvalue weighted by Gasteiger charge is 1.98. The summed E-state index contributed by atoms with van der Waals surface area (Å²) in [6, 6.07) is 0. The van der Waals surface area contributed by atoms with E-state index >= 15 is 0 Å². The molecule has 3 nitrogen and oxygen atoms in total. The highest BCUT2D eigenvalue weighted by atomic mass is 31.0. The van der Waals surface area contributed by atoms with Crippen LogP contribution in [0.15, 0.2) is 0 Å².